The molecule has 2 aromatic heterocycles. The first-order chi connectivity index (χ1) is 8.68. The molecular formula is C13H11FN4. The van der Waals surface area contributed by atoms with Crippen LogP contribution in [0.3, 0.4) is 0 Å². The summed E-state index contributed by atoms with van der Waals surface area (Å²) in [5.41, 5.74) is 7.95. The summed E-state index contributed by atoms with van der Waals surface area (Å²) in [5, 5.41) is 0. The van der Waals surface area contributed by atoms with Gasteiger partial charge in [-0.05, 0) is 24.3 Å². The van der Waals surface area contributed by atoms with Crippen molar-refractivity contribution >= 4 is 16.9 Å². The topological polar surface area (TPSA) is 56.7 Å². The van der Waals surface area contributed by atoms with Crippen LogP contribution in [-0.4, -0.2) is 14.5 Å². The number of halogens is 1. The van der Waals surface area contributed by atoms with Gasteiger partial charge >= 0.3 is 0 Å². The molecule has 0 radical (unpaired) electrons. The number of pyridine rings is 1. The Labute approximate surface area is 103 Å². The highest BCUT2D eigenvalue weighted by molar-refractivity contribution is 5.81. The predicted octanol–water partition coefficient (Wildman–Crippen LogP) is 2.36. The van der Waals surface area contributed by atoms with E-state index >= 15 is 0 Å². The molecule has 90 valence electrons. The fourth-order valence-electron chi connectivity index (χ4n) is 2.00. The molecule has 0 aliphatic carbocycles. The molecule has 18 heavy (non-hydrogen) atoms. The minimum absolute atomic E-state index is 0.107. The molecule has 0 saturated carbocycles. The van der Waals surface area contributed by atoms with Crippen LogP contribution in [0.4, 0.5) is 10.1 Å². The number of benzene rings is 1. The highest BCUT2D eigenvalue weighted by Crippen LogP contribution is 2.28. The molecule has 1 aromatic carbocycles. The summed E-state index contributed by atoms with van der Waals surface area (Å²) in [6.07, 6.45) is 1.67. The highest BCUT2D eigenvalue weighted by atomic mass is 19.1. The van der Waals surface area contributed by atoms with Crippen LogP contribution in [0.15, 0.2) is 36.5 Å². The monoisotopic (exact) mass is 242 g/mol. The van der Waals surface area contributed by atoms with Crippen molar-refractivity contribution in [1.29, 1.82) is 0 Å². The third-order valence-electron chi connectivity index (χ3n) is 2.95. The van der Waals surface area contributed by atoms with Gasteiger partial charge in [0.1, 0.15) is 11.6 Å². The summed E-state index contributed by atoms with van der Waals surface area (Å²) in [6.45, 7) is 0. The Morgan fingerprint density at radius 2 is 2.06 bits per heavy atom. The van der Waals surface area contributed by atoms with Crippen LogP contribution in [0.2, 0.25) is 0 Å². The summed E-state index contributed by atoms with van der Waals surface area (Å²) in [5.74, 6) is 0.174. The molecule has 0 amide bonds. The molecule has 3 aromatic rings. The van der Waals surface area contributed by atoms with Crippen molar-refractivity contribution in [2.75, 3.05) is 5.73 Å². The van der Waals surface area contributed by atoms with Crippen molar-refractivity contribution < 1.29 is 4.39 Å². The van der Waals surface area contributed by atoms with E-state index in [4.69, 9.17) is 5.73 Å². The van der Waals surface area contributed by atoms with Crippen molar-refractivity contribution in [3.05, 3.63) is 42.3 Å². The number of hydrogen-bond donors (Lipinski definition) is 1. The smallest absolute Gasteiger partial charge is 0.178 e. The van der Waals surface area contributed by atoms with E-state index in [1.807, 2.05) is 23.7 Å². The van der Waals surface area contributed by atoms with Crippen molar-refractivity contribution in [2.45, 2.75) is 0 Å². The first-order valence-corrected chi connectivity index (χ1v) is 5.50. The molecular weight excluding hydrogens is 231 g/mol. The predicted molar refractivity (Wildman–Crippen MR) is 68.3 cm³/mol. The number of nitrogens with two attached hydrogens (primary N) is 1. The molecule has 0 unspecified atom stereocenters. The summed E-state index contributed by atoms with van der Waals surface area (Å²) in [4.78, 5) is 8.56. The fraction of sp³-hybridized carbons (Fsp3) is 0.0769. The van der Waals surface area contributed by atoms with Crippen LogP contribution >= 0.6 is 0 Å². The van der Waals surface area contributed by atoms with Crippen LogP contribution in [0.25, 0.3) is 22.6 Å². The maximum atomic E-state index is 13.5. The number of nitrogen functional groups attached to an aromatic ring is 1. The van der Waals surface area contributed by atoms with Gasteiger partial charge in [-0.2, -0.15) is 0 Å². The molecule has 5 heteroatoms. The molecule has 2 N–H and O–H groups in total. The van der Waals surface area contributed by atoms with Gasteiger partial charge in [0.15, 0.2) is 5.65 Å². The van der Waals surface area contributed by atoms with Crippen molar-refractivity contribution in [3.63, 3.8) is 0 Å². The summed E-state index contributed by atoms with van der Waals surface area (Å²) < 4.78 is 15.3. The molecule has 2 heterocycles. The van der Waals surface area contributed by atoms with E-state index < -0.39 is 5.82 Å². The van der Waals surface area contributed by atoms with Crippen LogP contribution in [-0.2, 0) is 7.05 Å². The van der Waals surface area contributed by atoms with Crippen molar-refractivity contribution in [1.82, 2.24) is 14.5 Å². The van der Waals surface area contributed by atoms with E-state index in [1.165, 1.54) is 6.07 Å². The molecule has 0 bridgehead atoms. The minimum atomic E-state index is -0.437. The van der Waals surface area contributed by atoms with E-state index in [0.717, 1.165) is 5.52 Å². The average molecular weight is 242 g/mol. The molecule has 4 nitrogen and oxygen atoms in total. The number of para-hydroxylation sites is 1. The molecule has 0 atom stereocenters. The average Bonchev–Trinajstić information content (AvgIpc) is 2.71. The third kappa shape index (κ3) is 1.44. The van der Waals surface area contributed by atoms with E-state index in [0.29, 0.717) is 17.0 Å². The number of hydrogen-bond acceptors (Lipinski definition) is 3. The summed E-state index contributed by atoms with van der Waals surface area (Å²) in [6, 6.07) is 8.45. The van der Waals surface area contributed by atoms with Crippen LogP contribution in [0.1, 0.15) is 0 Å². The van der Waals surface area contributed by atoms with Crippen molar-refractivity contribution in [2.24, 2.45) is 7.05 Å². The number of fused-ring (bicyclic) bond motifs is 1. The second-order valence-electron chi connectivity index (χ2n) is 4.04. The fourth-order valence-corrected chi connectivity index (χ4v) is 2.00. The lowest BCUT2D eigenvalue weighted by molar-refractivity contribution is 0.632. The Morgan fingerprint density at radius 1 is 1.22 bits per heavy atom. The van der Waals surface area contributed by atoms with E-state index in [9.17, 15) is 4.39 Å². The first kappa shape index (κ1) is 10.7. The Bertz CT molecular complexity index is 733. The lowest BCUT2D eigenvalue weighted by Gasteiger charge is -2.06. The van der Waals surface area contributed by atoms with Gasteiger partial charge in [0, 0.05) is 18.8 Å². The number of aryl methyl sites for hydroxylation is 1. The van der Waals surface area contributed by atoms with Gasteiger partial charge < -0.3 is 10.3 Å². The molecule has 0 aliphatic heterocycles. The van der Waals surface area contributed by atoms with Gasteiger partial charge in [-0.25, -0.2) is 14.4 Å². The van der Waals surface area contributed by atoms with Crippen LogP contribution in [0, 0.1) is 5.82 Å². The number of imidazole rings is 1. The SMILES string of the molecule is Cn1c(-c2cccc(F)c2N)nc2ncccc21. The third-order valence-corrected chi connectivity index (χ3v) is 2.95. The molecule has 0 fully saturated rings. The van der Waals surface area contributed by atoms with Gasteiger partial charge in [-0.15, -0.1) is 0 Å². The Kier molecular flexibility index (Phi) is 2.26. The second kappa shape index (κ2) is 3.80. The molecule has 0 aliphatic rings. The number of anilines is 1. The maximum absolute atomic E-state index is 13.5. The first-order valence-electron chi connectivity index (χ1n) is 5.50. The van der Waals surface area contributed by atoms with Crippen molar-refractivity contribution in [3.8, 4) is 11.4 Å². The van der Waals surface area contributed by atoms with Gasteiger partial charge in [0.2, 0.25) is 0 Å². The van der Waals surface area contributed by atoms with E-state index in [1.54, 1.807) is 18.3 Å². The van der Waals surface area contributed by atoms with E-state index in [-0.39, 0.29) is 5.69 Å². The quantitative estimate of drug-likeness (QED) is 0.666. The largest absolute Gasteiger partial charge is 0.396 e. The zero-order valence-corrected chi connectivity index (χ0v) is 9.76. The van der Waals surface area contributed by atoms with Gasteiger partial charge in [0.05, 0.1) is 11.2 Å². The zero-order valence-electron chi connectivity index (χ0n) is 9.76. The van der Waals surface area contributed by atoms with Crippen LogP contribution in [0.5, 0.6) is 0 Å². The standard InChI is InChI=1S/C13H11FN4/c1-18-10-6-3-7-16-12(10)17-13(18)8-4-2-5-9(14)11(8)15/h2-7H,15H2,1H3. The summed E-state index contributed by atoms with van der Waals surface area (Å²) in [7, 11) is 1.86. The maximum Gasteiger partial charge on any atom is 0.178 e. The highest BCUT2D eigenvalue weighted by Gasteiger charge is 2.14. The zero-order chi connectivity index (χ0) is 12.7. The molecule has 0 saturated heterocycles. The van der Waals surface area contributed by atoms with E-state index in [2.05, 4.69) is 9.97 Å². The molecule has 0 spiro atoms. The number of rotatable bonds is 1. The Balaban J connectivity index is 2.32. The van der Waals surface area contributed by atoms with Gasteiger partial charge in [-0.3, -0.25) is 0 Å². The lowest BCUT2D eigenvalue weighted by Crippen LogP contribution is -1.99. The van der Waals surface area contributed by atoms with Crippen LogP contribution < -0.4 is 5.73 Å². The minimum Gasteiger partial charge on any atom is -0.396 e. The Morgan fingerprint density at radius 3 is 2.83 bits per heavy atom. The summed E-state index contributed by atoms with van der Waals surface area (Å²) >= 11 is 0. The number of nitrogens with zero attached hydrogens (tertiary/aromatic N) is 3. The van der Waals surface area contributed by atoms with Gasteiger partial charge in [-0.1, -0.05) is 6.07 Å². The Hall–Kier alpha value is -2.43. The lowest BCUT2D eigenvalue weighted by atomic mass is 10.1. The second-order valence-corrected chi connectivity index (χ2v) is 4.04. The van der Waals surface area contributed by atoms with Gasteiger partial charge in [0.25, 0.3) is 0 Å². The molecule has 3 rings (SSSR count). The number of aromatic nitrogens is 3. The normalized spacial score (nSPS) is 11.0.